The average molecular weight is 268 g/mol. The molecular formula is C15H22ClNO. The van der Waals surface area contributed by atoms with E-state index >= 15 is 0 Å². The Morgan fingerprint density at radius 1 is 1.44 bits per heavy atom. The third-order valence-corrected chi connectivity index (χ3v) is 3.50. The quantitative estimate of drug-likeness (QED) is 0.774. The number of hydrogen-bond donors (Lipinski definition) is 2. The van der Waals surface area contributed by atoms with Crippen molar-refractivity contribution in [2.45, 2.75) is 32.9 Å². The Hall–Kier alpha value is -0.830. The van der Waals surface area contributed by atoms with Gasteiger partial charge in [0.05, 0.1) is 6.10 Å². The van der Waals surface area contributed by atoms with Gasteiger partial charge in [0.15, 0.2) is 0 Å². The summed E-state index contributed by atoms with van der Waals surface area (Å²) >= 11 is 6.00. The first kappa shape index (κ1) is 15.2. The van der Waals surface area contributed by atoms with Crippen molar-refractivity contribution in [2.75, 3.05) is 6.54 Å². The van der Waals surface area contributed by atoms with Gasteiger partial charge in [0.1, 0.15) is 0 Å². The lowest BCUT2D eigenvalue weighted by Crippen LogP contribution is -2.39. The van der Waals surface area contributed by atoms with Crippen LogP contribution in [-0.4, -0.2) is 17.7 Å². The van der Waals surface area contributed by atoms with Gasteiger partial charge in [-0.3, -0.25) is 0 Å². The monoisotopic (exact) mass is 267 g/mol. The van der Waals surface area contributed by atoms with Gasteiger partial charge in [0.25, 0.3) is 0 Å². The number of aliphatic hydroxyl groups is 1. The zero-order chi connectivity index (χ0) is 13.7. The third-order valence-electron chi connectivity index (χ3n) is 3.08. The fourth-order valence-corrected chi connectivity index (χ4v) is 2.11. The van der Waals surface area contributed by atoms with Crippen LogP contribution < -0.4 is 5.32 Å². The summed E-state index contributed by atoms with van der Waals surface area (Å²) in [5.74, 6) is 0.330. The van der Waals surface area contributed by atoms with Crippen LogP contribution in [0.4, 0.5) is 0 Å². The fraction of sp³-hybridized carbons (Fsp3) is 0.467. The zero-order valence-corrected chi connectivity index (χ0v) is 12.0. The van der Waals surface area contributed by atoms with E-state index in [-0.39, 0.29) is 6.04 Å². The normalized spacial score (nSPS) is 14.6. The van der Waals surface area contributed by atoms with Crippen LogP contribution in [0.2, 0.25) is 5.02 Å². The minimum absolute atomic E-state index is 0.00331. The first-order valence-corrected chi connectivity index (χ1v) is 6.63. The molecule has 1 aromatic rings. The van der Waals surface area contributed by atoms with E-state index in [0.717, 1.165) is 16.1 Å². The van der Waals surface area contributed by atoms with Gasteiger partial charge in [-0.1, -0.05) is 43.7 Å². The third kappa shape index (κ3) is 3.84. The Morgan fingerprint density at radius 3 is 2.61 bits per heavy atom. The summed E-state index contributed by atoms with van der Waals surface area (Å²) in [5.41, 5.74) is 1.88. The predicted octanol–water partition coefficient (Wildman–Crippen LogP) is 3.48. The molecule has 100 valence electrons. The van der Waals surface area contributed by atoms with Crippen LogP contribution in [0.3, 0.4) is 0 Å². The molecule has 0 radical (unpaired) electrons. The van der Waals surface area contributed by atoms with E-state index in [9.17, 15) is 5.11 Å². The average Bonchev–Trinajstić information content (AvgIpc) is 2.32. The standard InChI is InChI=1S/C15H22ClNO/c1-5-8-17-14(10(2)3)15(18)12-6-7-13(16)11(4)9-12/h5-7,9-10,14-15,17-18H,1,8H2,2-4H3. The maximum Gasteiger partial charge on any atom is 0.0945 e. The second kappa shape index (κ2) is 6.93. The molecule has 2 unspecified atom stereocenters. The van der Waals surface area contributed by atoms with Crippen molar-refractivity contribution in [1.82, 2.24) is 5.32 Å². The number of aliphatic hydroxyl groups excluding tert-OH is 1. The van der Waals surface area contributed by atoms with Crippen molar-refractivity contribution in [1.29, 1.82) is 0 Å². The SMILES string of the molecule is C=CCNC(C(C)C)C(O)c1ccc(Cl)c(C)c1. The van der Waals surface area contributed by atoms with Crippen molar-refractivity contribution in [3.05, 3.63) is 47.0 Å². The second-order valence-corrected chi connectivity index (χ2v) is 5.33. The molecule has 2 atom stereocenters. The summed E-state index contributed by atoms with van der Waals surface area (Å²) < 4.78 is 0. The first-order chi connectivity index (χ1) is 8.47. The van der Waals surface area contributed by atoms with Gasteiger partial charge in [-0.25, -0.2) is 0 Å². The van der Waals surface area contributed by atoms with E-state index < -0.39 is 6.10 Å². The molecule has 0 aliphatic heterocycles. The van der Waals surface area contributed by atoms with Crippen molar-refractivity contribution in [3.8, 4) is 0 Å². The highest BCUT2D eigenvalue weighted by atomic mass is 35.5. The summed E-state index contributed by atoms with van der Waals surface area (Å²) in [6.07, 6.45) is 1.26. The van der Waals surface area contributed by atoms with E-state index in [2.05, 4.69) is 25.7 Å². The van der Waals surface area contributed by atoms with Crippen molar-refractivity contribution in [2.24, 2.45) is 5.92 Å². The van der Waals surface area contributed by atoms with Crippen LogP contribution in [0.15, 0.2) is 30.9 Å². The Bertz CT molecular complexity index is 403. The Balaban J connectivity index is 2.90. The largest absolute Gasteiger partial charge is 0.387 e. The van der Waals surface area contributed by atoms with Gasteiger partial charge in [0, 0.05) is 17.6 Å². The minimum Gasteiger partial charge on any atom is -0.387 e. The molecule has 1 rings (SSSR count). The summed E-state index contributed by atoms with van der Waals surface area (Å²) in [6, 6.07) is 5.66. The molecule has 0 aliphatic carbocycles. The van der Waals surface area contributed by atoms with E-state index in [1.54, 1.807) is 6.08 Å². The van der Waals surface area contributed by atoms with Gasteiger partial charge in [-0.2, -0.15) is 0 Å². The zero-order valence-electron chi connectivity index (χ0n) is 11.3. The molecule has 0 amide bonds. The Morgan fingerprint density at radius 2 is 2.11 bits per heavy atom. The molecule has 0 heterocycles. The number of halogens is 1. The molecule has 0 saturated heterocycles. The van der Waals surface area contributed by atoms with Crippen LogP contribution in [0, 0.1) is 12.8 Å². The highest BCUT2D eigenvalue weighted by molar-refractivity contribution is 6.31. The van der Waals surface area contributed by atoms with Gasteiger partial charge in [-0.05, 0) is 30.0 Å². The van der Waals surface area contributed by atoms with Crippen molar-refractivity contribution < 1.29 is 5.11 Å². The van der Waals surface area contributed by atoms with Crippen LogP contribution in [-0.2, 0) is 0 Å². The smallest absolute Gasteiger partial charge is 0.0945 e. The van der Waals surface area contributed by atoms with Crippen molar-refractivity contribution in [3.63, 3.8) is 0 Å². The van der Waals surface area contributed by atoms with Crippen LogP contribution in [0.25, 0.3) is 0 Å². The molecule has 2 N–H and O–H groups in total. The van der Waals surface area contributed by atoms with Crippen molar-refractivity contribution >= 4 is 11.6 Å². The highest BCUT2D eigenvalue weighted by Gasteiger charge is 2.23. The molecule has 18 heavy (non-hydrogen) atoms. The summed E-state index contributed by atoms with van der Waals surface area (Å²) in [5, 5.41) is 14.5. The lowest BCUT2D eigenvalue weighted by Gasteiger charge is -2.27. The predicted molar refractivity (Wildman–Crippen MR) is 78.0 cm³/mol. The highest BCUT2D eigenvalue weighted by Crippen LogP contribution is 2.25. The molecule has 1 aromatic carbocycles. The number of rotatable bonds is 6. The molecule has 2 nitrogen and oxygen atoms in total. The maximum atomic E-state index is 10.5. The van der Waals surface area contributed by atoms with E-state index in [4.69, 9.17) is 11.6 Å². The van der Waals surface area contributed by atoms with Gasteiger partial charge in [0.2, 0.25) is 0 Å². The number of benzene rings is 1. The lowest BCUT2D eigenvalue weighted by atomic mass is 9.92. The van der Waals surface area contributed by atoms with Gasteiger partial charge < -0.3 is 10.4 Å². The Labute approximate surface area is 115 Å². The lowest BCUT2D eigenvalue weighted by molar-refractivity contribution is 0.107. The number of hydrogen-bond acceptors (Lipinski definition) is 2. The first-order valence-electron chi connectivity index (χ1n) is 6.25. The molecule has 0 aliphatic rings. The molecule has 3 heteroatoms. The second-order valence-electron chi connectivity index (χ2n) is 4.92. The fourth-order valence-electron chi connectivity index (χ4n) is 1.99. The van der Waals surface area contributed by atoms with Crippen LogP contribution in [0.5, 0.6) is 0 Å². The van der Waals surface area contributed by atoms with E-state index in [0.29, 0.717) is 12.5 Å². The summed E-state index contributed by atoms with van der Waals surface area (Å²) in [4.78, 5) is 0. The Kier molecular flexibility index (Phi) is 5.86. The topological polar surface area (TPSA) is 32.3 Å². The van der Waals surface area contributed by atoms with Crippen LogP contribution in [0.1, 0.15) is 31.1 Å². The van der Waals surface area contributed by atoms with Gasteiger partial charge >= 0.3 is 0 Å². The van der Waals surface area contributed by atoms with E-state index in [1.807, 2.05) is 25.1 Å². The molecule has 0 spiro atoms. The minimum atomic E-state index is -0.541. The molecular weight excluding hydrogens is 246 g/mol. The van der Waals surface area contributed by atoms with E-state index in [1.165, 1.54) is 0 Å². The maximum absolute atomic E-state index is 10.5. The van der Waals surface area contributed by atoms with Gasteiger partial charge in [-0.15, -0.1) is 6.58 Å². The molecule has 0 saturated carbocycles. The molecule has 0 aromatic heterocycles. The van der Waals surface area contributed by atoms with Crippen LogP contribution >= 0.6 is 11.6 Å². The number of nitrogens with one attached hydrogen (secondary N) is 1. The molecule has 0 bridgehead atoms. The molecule has 0 fully saturated rings. The summed E-state index contributed by atoms with van der Waals surface area (Å²) in [7, 11) is 0. The summed E-state index contributed by atoms with van der Waals surface area (Å²) in [6.45, 7) is 10.5. The number of aryl methyl sites for hydroxylation is 1.